The van der Waals surface area contributed by atoms with Crippen LogP contribution in [-0.2, 0) is 18.0 Å². The van der Waals surface area contributed by atoms with Crippen molar-refractivity contribution in [1.29, 1.82) is 0 Å². The molecule has 6 nitrogen and oxygen atoms in total. The summed E-state index contributed by atoms with van der Waals surface area (Å²) in [5.41, 5.74) is -0.164. The molecule has 8 heteroatoms. The van der Waals surface area contributed by atoms with Crippen LogP contribution in [0.25, 0.3) is 0 Å². The Kier molecular flexibility index (Phi) is 9.33. The summed E-state index contributed by atoms with van der Waals surface area (Å²) in [6, 6.07) is 9.55. The van der Waals surface area contributed by atoms with Gasteiger partial charge in [-0.2, -0.15) is 0 Å². The molecule has 0 amide bonds. The van der Waals surface area contributed by atoms with Crippen LogP contribution in [0.5, 0.6) is 0 Å². The molecule has 0 atom stereocenters. The Morgan fingerprint density at radius 3 is 2.44 bits per heavy atom. The van der Waals surface area contributed by atoms with Crippen LogP contribution in [0.2, 0.25) is 0 Å². The summed E-state index contributed by atoms with van der Waals surface area (Å²) >= 11 is 4.75. The normalized spacial score (nSPS) is 11.1. The number of aromatic nitrogens is 2. The summed E-state index contributed by atoms with van der Waals surface area (Å²) < 4.78 is 7.77. The lowest BCUT2D eigenvalue weighted by Crippen LogP contribution is -2.42. The quantitative estimate of drug-likeness (QED) is 0.243. The Bertz CT molecular complexity index is 836. The van der Waals surface area contributed by atoms with E-state index >= 15 is 0 Å². The molecule has 0 saturated carbocycles. The van der Waals surface area contributed by atoms with Crippen molar-refractivity contribution in [1.82, 2.24) is 9.13 Å². The number of alkyl halides is 1. The molecule has 27 heavy (non-hydrogen) atoms. The molecule has 2 rings (SSSR count). The summed E-state index contributed by atoms with van der Waals surface area (Å²) in [4.78, 5) is 26.6. The standard InChI is InChI=1S/C19H25BrN2O4S/c1-15-17(24)21(12-8-3-2-7-11-20)19(25)22(13-26-14-23)18(15)27-16-9-5-4-6-10-16/h4-6,9-10,23H,2-3,7-8,11-14H2,1H3. The third kappa shape index (κ3) is 6.07. The predicted molar refractivity (Wildman–Crippen MR) is 111 cm³/mol. The molecule has 0 fully saturated rings. The first-order valence-corrected chi connectivity index (χ1v) is 10.9. The third-order valence-electron chi connectivity index (χ3n) is 4.13. The van der Waals surface area contributed by atoms with Gasteiger partial charge in [0.15, 0.2) is 0 Å². The Morgan fingerprint density at radius 1 is 1.07 bits per heavy atom. The van der Waals surface area contributed by atoms with Crippen molar-refractivity contribution in [2.24, 2.45) is 0 Å². The van der Waals surface area contributed by atoms with E-state index in [1.54, 1.807) is 6.92 Å². The first-order valence-electron chi connectivity index (χ1n) is 8.91. The van der Waals surface area contributed by atoms with E-state index in [9.17, 15) is 9.59 Å². The maximum Gasteiger partial charge on any atom is 0.333 e. The van der Waals surface area contributed by atoms with Gasteiger partial charge in [-0.25, -0.2) is 4.79 Å². The highest BCUT2D eigenvalue weighted by Gasteiger charge is 2.17. The highest BCUT2D eigenvalue weighted by Crippen LogP contribution is 2.28. The third-order valence-corrected chi connectivity index (χ3v) is 5.92. The van der Waals surface area contributed by atoms with E-state index < -0.39 is 12.5 Å². The van der Waals surface area contributed by atoms with Crippen LogP contribution in [0.3, 0.4) is 0 Å². The number of aliphatic hydroxyl groups excluding tert-OH is 1. The van der Waals surface area contributed by atoms with Gasteiger partial charge in [-0.1, -0.05) is 58.7 Å². The van der Waals surface area contributed by atoms with Gasteiger partial charge in [0.2, 0.25) is 0 Å². The fourth-order valence-electron chi connectivity index (χ4n) is 2.71. The molecule has 148 valence electrons. The predicted octanol–water partition coefficient (Wildman–Crippen LogP) is 3.35. The average molecular weight is 457 g/mol. The zero-order valence-corrected chi connectivity index (χ0v) is 17.8. The van der Waals surface area contributed by atoms with Crippen molar-refractivity contribution in [2.45, 2.75) is 55.8 Å². The van der Waals surface area contributed by atoms with Crippen LogP contribution in [-0.4, -0.2) is 26.4 Å². The van der Waals surface area contributed by atoms with Crippen molar-refractivity contribution in [3.63, 3.8) is 0 Å². The van der Waals surface area contributed by atoms with Gasteiger partial charge in [0.1, 0.15) is 13.5 Å². The largest absolute Gasteiger partial charge is 0.371 e. The molecule has 0 aliphatic carbocycles. The molecule has 1 aromatic heterocycles. The number of benzene rings is 1. The zero-order chi connectivity index (χ0) is 19.6. The van der Waals surface area contributed by atoms with Crippen molar-refractivity contribution >= 4 is 27.7 Å². The number of unbranched alkanes of at least 4 members (excludes halogenated alkanes) is 3. The van der Waals surface area contributed by atoms with Gasteiger partial charge >= 0.3 is 5.69 Å². The monoisotopic (exact) mass is 456 g/mol. The van der Waals surface area contributed by atoms with Crippen molar-refractivity contribution in [3.05, 3.63) is 56.7 Å². The summed E-state index contributed by atoms with van der Waals surface area (Å²) in [7, 11) is 0. The number of ether oxygens (including phenoxy) is 1. The smallest absolute Gasteiger partial charge is 0.333 e. The number of hydrogen-bond acceptors (Lipinski definition) is 5. The Hall–Kier alpha value is -1.35. The lowest BCUT2D eigenvalue weighted by molar-refractivity contribution is -0.0404. The number of rotatable bonds is 11. The average Bonchev–Trinajstić information content (AvgIpc) is 2.68. The SMILES string of the molecule is Cc1c(Sc2ccccc2)n(COCO)c(=O)n(CCCCCCBr)c1=O. The summed E-state index contributed by atoms with van der Waals surface area (Å²) in [5.74, 6) is 0. The Morgan fingerprint density at radius 2 is 1.78 bits per heavy atom. The molecule has 0 aliphatic rings. The second kappa shape index (κ2) is 11.5. The van der Waals surface area contributed by atoms with E-state index in [0.29, 0.717) is 17.1 Å². The van der Waals surface area contributed by atoms with Crippen LogP contribution in [0.4, 0.5) is 0 Å². The second-order valence-electron chi connectivity index (χ2n) is 6.08. The van der Waals surface area contributed by atoms with Crippen LogP contribution in [0.15, 0.2) is 49.8 Å². The molecule has 0 unspecified atom stereocenters. The number of halogens is 1. The lowest BCUT2D eigenvalue weighted by atomic mass is 10.2. The molecule has 0 aliphatic heterocycles. The van der Waals surface area contributed by atoms with E-state index in [0.717, 1.165) is 35.9 Å². The lowest BCUT2D eigenvalue weighted by Gasteiger charge is -2.17. The minimum absolute atomic E-state index is 0.102. The molecule has 0 saturated heterocycles. The van der Waals surface area contributed by atoms with Gasteiger partial charge in [0.25, 0.3) is 5.56 Å². The van der Waals surface area contributed by atoms with Crippen molar-refractivity contribution < 1.29 is 9.84 Å². The van der Waals surface area contributed by atoms with Gasteiger partial charge in [-0.05, 0) is 31.9 Å². The van der Waals surface area contributed by atoms with Crippen LogP contribution in [0.1, 0.15) is 31.2 Å². The fraction of sp³-hybridized carbons (Fsp3) is 0.474. The highest BCUT2D eigenvalue weighted by atomic mass is 79.9. The second-order valence-corrected chi connectivity index (χ2v) is 7.93. The van der Waals surface area contributed by atoms with Gasteiger partial charge in [0, 0.05) is 22.3 Å². The maximum atomic E-state index is 12.9. The van der Waals surface area contributed by atoms with Crippen LogP contribution < -0.4 is 11.2 Å². The van der Waals surface area contributed by atoms with Gasteiger partial charge in [0.05, 0.1) is 5.03 Å². The number of nitrogens with zero attached hydrogens (tertiary/aromatic N) is 2. The number of hydrogen-bond donors (Lipinski definition) is 1. The number of aliphatic hydroxyl groups is 1. The molecule has 1 heterocycles. The van der Waals surface area contributed by atoms with E-state index in [1.807, 2.05) is 30.3 Å². The Labute approximate surface area is 171 Å². The van der Waals surface area contributed by atoms with Crippen molar-refractivity contribution in [3.8, 4) is 0 Å². The maximum absolute atomic E-state index is 12.9. The first-order chi connectivity index (χ1) is 13.1. The summed E-state index contributed by atoms with van der Waals surface area (Å²) in [5, 5.41) is 10.5. The van der Waals surface area contributed by atoms with E-state index in [1.165, 1.54) is 20.9 Å². The fourth-order valence-corrected chi connectivity index (χ4v) is 4.10. The minimum atomic E-state index is -0.493. The zero-order valence-electron chi connectivity index (χ0n) is 15.4. The molecular weight excluding hydrogens is 432 g/mol. The van der Waals surface area contributed by atoms with E-state index in [2.05, 4.69) is 15.9 Å². The molecule has 1 aromatic carbocycles. The van der Waals surface area contributed by atoms with Crippen LogP contribution in [0, 0.1) is 6.92 Å². The molecular formula is C19H25BrN2O4S. The van der Waals surface area contributed by atoms with Gasteiger partial charge in [-0.3, -0.25) is 13.9 Å². The molecule has 0 radical (unpaired) electrons. The van der Waals surface area contributed by atoms with Crippen molar-refractivity contribution in [2.75, 3.05) is 12.1 Å². The van der Waals surface area contributed by atoms with E-state index in [4.69, 9.17) is 9.84 Å². The van der Waals surface area contributed by atoms with Gasteiger partial charge < -0.3 is 9.84 Å². The topological polar surface area (TPSA) is 73.5 Å². The van der Waals surface area contributed by atoms with Gasteiger partial charge in [-0.15, -0.1) is 0 Å². The first kappa shape index (κ1) is 21.9. The molecule has 0 spiro atoms. The van der Waals surface area contributed by atoms with Crippen LogP contribution >= 0.6 is 27.7 Å². The highest BCUT2D eigenvalue weighted by molar-refractivity contribution is 9.09. The van der Waals surface area contributed by atoms with E-state index in [-0.39, 0.29) is 12.3 Å². The Balaban J connectivity index is 2.36. The summed E-state index contributed by atoms with van der Waals surface area (Å²) in [6.45, 7) is 1.52. The molecule has 1 N–H and O–H groups in total. The molecule has 0 bridgehead atoms. The summed E-state index contributed by atoms with van der Waals surface area (Å²) in [6.07, 6.45) is 3.87. The minimum Gasteiger partial charge on any atom is -0.371 e. The molecule has 2 aromatic rings.